The fourth-order valence-corrected chi connectivity index (χ4v) is 2.43. The Morgan fingerprint density at radius 3 is 2.20 bits per heavy atom. The number of carbonyl (C=O) groups is 2. The summed E-state index contributed by atoms with van der Waals surface area (Å²) in [6, 6.07) is 8.88. The predicted octanol–water partition coefficient (Wildman–Crippen LogP) is 3.11. The van der Waals surface area contributed by atoms with Gasteiger partial charge in [0.2, 0.25) is 5.91 Å². The van der Waals surface area contributed by atoms with Crippen LogP contribution in [-0.4, -0.2) is 36.3 Å². The summed E-state index contributed by atoms with van der Waals surface area (Å²) in [6.45, 7) is 10.5. The first-order valence-corrected chi connectivity index (χ1v) is 8.61. The molecule has 1 aromatic rings. The molecule has 0 aromatic heterocycles. The first-order chi connectivity index (χ1) is 11.6. The molecule has 0 aliphatic rings. The van der Waals surface area contributed by atoms with Gasteiger partial charge in [-0.05, 0) is 29.0 Å². The van der Waals surface area contributed by atoms with Crippen molar-refractivity contribution >= 4 is 11.8 Å². The smallest absolute Gasteiger partial charge is 0.251 e. The molecular formula is C20H29N3O2. The average Bonchev–Trinajstić information content (AvgIpc) is 2.55. The summed E-state index contributed by atoms with van der Waals surface area (Å²) in [7, 11) is 1.65. The van der Waals surface area contributed by atoms with Crippen LogP contribution in [0.25, 0.3) is 0 Å². The molecule has 0 spiro atoms. The quantitative estimate of drug-likeness (QED) is 0.862. The van der Waals surface area contributed by atoms with Gasteiger partial charge in [-0.3, -0.25) is 9.59 Å². The van der Waals surface area contributed by atoms with E-state index in [4.69, 9.17) is 5.26 Å². The van der Waals surface area contributed by atoms with Crippen molar-refractivity contribution in [3.63, 3.8) is 0 Å². The Bertz CT molecular complexity index is 636. The van der Waals surface area contributed by atoms with Gasteiger partial charge in [0.1, 0.15) is 6.04 Å². The third-order valence-corrected chi connectivity index (χ3v) is 4.17. The second-order valence-electron chi connectivity index (χ2n) is 7.69. The van der Waals surface area contributed by atoms with Crippen LogP contribution in [0.2, 0.25) is 0 Å². The summed E-state index contributed by atoms with van der Waals surface area (Å²) >= 11 is 0. The van der Waals surface area contributed by atoms with Crippen molar-refractivity contribution in [3.8, 4) is 6.07 Å². The number of rotatable bonds is 6. The monoisotopic (exact) mass is 343 g/mol. The summed E-state index contributed by atoms with van der Waals surface area (Å²) in [4.78, 5) is 26.6. The van der Waals surface area contributed by atoms with Gasteiger partial charge in [0.05, 0.1) is 12.5 Å². The first-order valence-electron chi connectivity index (χ1n) is 8.61. The largest absolute Gasteiger partial charge is 0.343 e. The van der Waals surface area contributed by atoms with Gasteiger partial charge in [-0.2, -0.15) is 5.26 Å². The molecule has 0 fully saturated rings. The molecule has 25 heavy (non-hydrogen) atoms. The molecule has 136 valence electrons. The van der Waals surface area contributed by atoms with Gasteiger partial charge in [-0.25, -0.2) is 0 Å². The van der Waals surface area contributed by atoms with E-state index in [2.05, 4.69) is 26.1 Å². The van der Waals surface area contributed by atoms with Crippen molar-refractivity contribution in [1.29, 1.82) is 5.26 Å². The third-order valence-electron chi connectivity index (χ3n) is 4.17. The molecule has 0 saturated carbocycles. The van der Waals surface area contributed by atoms with E-state index in [9.17, 15) is 9.59 Å². The number of carbonyl (C=O) groups excluding carboxylic acids is 2. The second kappa shape index (κ2) is 8.66. The van der Waals surface area contributed by atoms with Crippen LogP contribution >= 0.6 is 0 Å². The van der Waals surface area contributed by atoms with Gasteiger partial charge in [-0.1, -0.05) is 46.8 Å². The Morgan fingerprint density at radius 1 is 1.20 bits per heavy atom. The van der Waals surface area contributed by atoms with Gasteiger partial charge in [0, 0.05) is 19.2 Å². The van der Waals surface area contributed by atoms with E-state index in [-0.39, 0.29) is 29.6 Å². The summed E-state index contributed by atoms with van der Waals surface area (Å²) in [5.74, 6) is -0.485. The van der Waals surface area contributed by atoms with Crippen LogP contribution in [0.4, 0.5) is 0 Å². The lowest BCUT2D eigenvalue weighted by Crippen LogP contribution is -2.50. The number of nitrogens with zero attached hydrogens (tertiary/aromatic N) is 2. The van der Waals surface area contributed by atoms with E-state index in [0.29, 0.717) is 12.1 Å². The zero-order valence-electron chi connectivity index (χ0n) is 16.1. The molecule has 5 nitrogen and oxygen atoms in total. The topological polar surface area (TPSA) is 73.2 Å². The lowest BCUT2D eigenvalue weighted by atomic mass is 9.86. The van der Waals surface area contributed by atoms with E-state index in [1.54, 1.807) is 19.2 Å². The van der Waals surface area contributed by atoms with Crippen molar-refractivity contribution in [2.45, 2.75) is 52.5 Å². The molecule has 1 N–H and O–H groups in total. The molecule has 0 heterocycles. The zero-order chi connectivity index (χ0) is 19.2. The number of hydrogen-bond donors (Lipinski definition) is 1. The number of benzene rings is 1. The average molecular weight is 343 g/mol. The lowest BCUT2D eigenvalue weighted by molar-refractivity contribution is -0.132. The highest BCUT2D eigenvalue weighted by atomic mass is 16.2. The number of nitriles is 1. The van der Waals surface area contributed by atoms with Gasteiger partial charge >= 0.3 is 0 Å². The third kappa shape index (κ3) is 5.90. The summed E-state index contributed by atoms with van der Waals surface area (Å²) in [6.07, 6.45) is 0.273. The van der Waals surface area contributed by atoms with Crippen LogP contribution < -0.4 is 5.32 Å². The van der Waals surface area contributed by atoms with E-state index in [1.807, 2.05) is 32.0 Å². The molecular weight excluding hydrogens is 314 g/mol. The Labute approximate surface area is 151 Å². The van der Waals surface area contributed by atoms with Crippen molar-refractivity contribution in [2.75, 3.05) is 13.6 Å². The normalized spacial score (nSPS) is 12.4. The lowest BCUT2D eigenvalue weighted by Gasteiger charge is -2.26. The first kappa shape index (κ1) is 20.7. The van der Waals surface area contributed by atoms with Crippen LogP contribution in [0.1, 0.15) is 57.0 Å². The molecule has 1 aromatic carbocycles. The summed E-state index contributed by atoms with van der Waals surface area (Å²) in [5.41, 5.74) is 1.71. The highest BCUT2D eigenvalue weighted by Crippen LogP contribution is 2.22. The maximum absolute atomic E-state index is 12.5. The molecule has 1 atom stereocenters. The minimum Gasteiger partial charge on any atom is -0.343 e. The maximum atomic E-state index is 12.5. The van der Waals surface area contributed by atoms with Crippen molar-refractivity contribution in [2.24, 2.45) is 5.92 Å². The molecule has 1 rings (SSSR count). The molecule has 0 radical (unpaired) electrons. The van der Waals surface area contributed by atoms with E-state index in [1.165, 1.54) is 4.90 Å². The molecule has 0 saturated heterocycles. The van der Waals surface area contributed by atoms with Crippen molar-refractivity contribution in [1.82, 2.24) is 10.2 Å². The molecule has 5 heteroatoms. The SMILES string of the molecule is CC(C)C(NC(=O)c1ccc(C(C)(C)C)cc1)C(=O)N(C)CCC#N. The molecule has 2 amide bonds. The van der Waals surface area contributed by atoms with Crippen LogP contribution in [0.5, 0.6) is 0 Å². The summed E-state index contributed by atoms with van der Waals surface area (Å²) < 4.78 is 0. The number of nitrogens with one attached hydrogen (secondary N) is 1. The van der Waals surface area contributed by atoms with Crippen LogP contribution in [0, 0.1) is 17.2 Å². The molecule has 1 unspecified atom stereocenters. The number of amides is 2. The predicted molar refractivity (Wildman–Crippen MR) is 99.1 cm³/mol. The fourth-order valence-electron chi connectivity index (χ4n) is 2.43. The molecule has 0 bridgehead atoms. The standard InChI is InChI=1S/C20H29N3O2/c1-14(2)17(19(25)23(6)13-7-12-21)22-18(24)15-8-10-16(11-9-15)20(3,4)5/h8-11,14,17H,7,13H2,1-6H3,(H,22,24). The Kier molecular flexibility index (Phi) is 7.17. The van der Waals surface area contributed by atoms with Crippen molar-refractivity contribution in [3.05, 3.63) is 35.4 Å². The van der Waals surface area contributed by atoms with Crippen LogP contribution in [0.3, 0.4) is 0 Å². The van der Waals surface area contributed by atoms with Gasteiger partial charge in [0.25, 0.3) is 5.91 Å². The van der Waals surface area contributed by atoms with Crippen molar-refractivity contribution < 1.29 is 9.59 Å². The number of hydrogen-bond acceptors (Lipinski definition) is 3. The molecule has 0 aliphatic carbocycles. The Balaban J connectivity index is 2.86. The second-order valence-corrected chi connectivity index (χ2v) is 7.69. The summed E-state index contributed by atoms with van der Waals surface area (Å²) in [5, 5.41) is 11.5. The van der Waals surface area contributed by atoms with Gasteiger partial charge in [-0.15, -0.1) is 0 Å². The van der Waals surface area contributed by atoms with Crippen LogP contribution in [-0.2, 0) is 10.2 Å². The maximum Gasteiger partial charge on any atom is 0.251 e. The highest BCUT2D eigenvalue weighted by Gasteiger charge is 2.27. The minimum absolute atomic E-state index is 0.0227. The Hall–Kier alpha value is -2.35. The van der Waals surface area contributed by atoms with Crippen LogP contribution in [0.15, 0.2) is 24.3 Å². The highest BCUT2D eigenvalue weighted by molar-refractivity contribution is 5.97. The van der Waals surface area contributed by atoms with E-state index >= 15 is 0 Å². The Morgan fingerprint density at radius 2 is 1.76 bits per heavy atom. The minimum atomic E-state index is -0.613. The van der Waals surface area contributed by atoms with E-state index < -0.39 is 6.04 Å². The van der Waals surface area contributed by atoms with Gasteiger partial charge < -0.3 is 10.2 Å². The number of likely N-dealkylation sites (N-methyl/N-ethyl adjacent to an activating group) is 1. The molecule has 0 aliphatic heterocycles. The zero-order valence-corrected chi connectivity index (χ0v) is 16.1. The fraction of sp³-hybridized carbons (Fsp3) is 0.550. The van der Waals surface area contributed by atoms with E-state index in [0.717, 1.165) is 5.56 Å². The van der Waals surface area contributed by atoms with Gasteiger partial charge in [0.15, 0.2) is 0 Å².